The van der Waals surface area contributed by atoms with Crippen molar-refractivity contribution in [1.82, 2.24) is 9.47 Å². The summed E-state index contributed by atoms with van der Waals surface area (Å²) in [5.41, 5.74) is 7.62. The first kappa shape index (κ1) is 14.0. The average molecular weight is 310 g/mol. The first-order valence-corrected chi connectivity index (χ1v) is 7.77. The lowest BCUT2D eigenvalue weighted by Gasteiger charge is -2.18. The molecule has 6 nitrogen and oxygen atoms in total. The maximum absolute atomic E-state index is 12.5. The number of carbonyl (C=O) groups is 1. The van der Waals surface area contributed by atoms with Gasteiger partial charge in [0.1, 0.15) is 0 Å². The average Bonchev–Trinajstić information content (AvgIpc) is 3.09. The van der Waals surface area contributed by atoms with Crippen LogP contribution in [0.5, 0.6) is 0 Å². The number of carbonyl (C=O) groups excluding carboxylic acids is 1. The van der Waals surface area contributed by atoms with Gasteiger partial charge >= 0.3 is 6.03 Å². The minimum Gasteiger partial charge on any atom is -0.326 e. The normalized spacial score (nSPS) is 23.4. The third-order valence-electron chi connectivity index (χ3n) is 4.71. The molecule has 2 aromatic rings. The summed E-state index contributed by atoms with van der Waals surface area (Å²) in [6.45, 7) is 1.36. The Balaban J connectivity index is 1.61. The molecule has 0 radical (unpaired) electrons. The number of aromatic nitrogens is 1. The first-order chi connectivity index (χ1) is 11.1. The zero-order valence-corrected chi connectivity index (χ0v) is 12.6. The van der Waals surface area contributed by atoms with Crippen molar-refractivity contribution in [2.75, 3.05) is 18.0 Å². The summed E-state index contributed by atoms with van der Waals surface area (Å²) >= 11 is 0. The van der Waals surface area contributed by atoms with Crippen molar-refractivity contribution < 1.29 is 4.79 Å². The number of amides is 2. The van der Waals surface area contributed by atoms with Crippen LogP contribution in [0.15, 0.2) is 53.5 Å². The van der Waals surface area contributed by atoms with Crippen LogP contribution < -0.4 is 16.2 Å². The highest BCUT2D eigenvalue weighted by Crippen LogP contribution is 2.30. The number of urea groups is 1. The first-order valence-electron chi connectivity index (χ1n) is 7.77. The Bertz CT molecular complexity index is 799. The Morgan fingerprint density at radius 1 is 1.00 bits per heavy atom. The molecule has 0 saturated carbocycles. The topological polar surface area (TPSA) is 71.6 Å². The summed E-state index contributed by atoms with van der Waals surface area (Å²) in [6, 6.07) is 12.7. The van der Waals surface area contributed by atoms with Crippen molar-refractivity contribution in [1.29, 1.82) is 0 Å². The standard InChI is InChI=1S/C17H18N4O2/c18-14-8-10-20-15(14)11-21(17(20)23)13-6-4-12(5-7-13)19-9-2-1-3-16(19)22/h1-7,9,14-15H,8,10-11,18H2/t14-,15-/m1/s1. The fourth-order valence-corrected chi connectivity index (χ4v) is 3.42. The molecule has 2 fully saturated rings. The summed E-state index contributed by atoms with van der Waals surface area (Å²) in [5.74, 6) is 0. The molecule has 2 atom stereocenters. The number of nitrogens with zero attached hydrogens (tertiary/aromatic N) is 3. The molecule has 1 aromatic heterocycles. The van der Waals surface area contributed by atoms with E-state index >= 15 is 0 Å². The molecule has 2 saturated heterocycles. The van der Waals surface area contributed by atoms with E-state index in [0.29, 0.717) is 6.54 Å². The number of benzene rings is 1. The van der Waals surface area contributed by atoms with Crippen LogP contribution >= 0.6 is 0 Å². The van der Waals surface area contributed by atoms with Crippen LogP contribution in [0.4, 0.5) is 10.5 Å². The largest absolute Gasteiger partial charge is 0.326 e. The number of rotatable bonds is 2. The van der Waals surface area contributed by atoms with Gasteiger partial charge in [0.25, 0.3) is 5.56 Å². The molecule has 6 heteroatoms. The van der Waals surface area contributed by atoms with Crippen LogP contribution in [-0.4, -0.2) is 40.7 Å². The predicted molar refractivity (Wildman–Crippen MR) is 87.9 cm³/mol. The van der Waals surface area contributed by atoms with Crippen LogP contribution in [0.3, 0.4) is 0 Å². The number of nitrogens with two attached hydrogens (primary N) is 1. The van der Waals surface area contributed by atoms with Gasteiger partial charge in [-0.1, -0.05) is 6.07 Å². The molecule has 2 aliphatic rings. The third kappa shape index (κ3) is 2.22. The molecule has 2 amide bonds. The third-order valence-corrected chi connectivity index (χ3v) is 4.71. The fourth-order valence-electron chi connectivity index (χ4n) is 3.42. The summed E-state index contributed by atoms with van der Waals surface area (Å²) in [5, 5.41) is 0. The second-order valence-electron chi connectivity index (χ2n) is 6.03. The van der Waals surface area contributed by atoms with Crippen molar-refractivity contribution in [2.24, 2.45) is 5.73 Å². The molecular formula is C17H18N4O2. The van der Waals surface area contributed by atoms with Gasteiger partial charge in [0, 0.05) is 42.8 Å². The Labute approximate surface area is 133 Å². The van der Waals surface area contributed by atoms with Crippen LogP contribution in [-0.2, 0) is 0 Å². The highest BCUT2D eigenvalue weighted by atomic mass is 16.2. The van der Waals surface area contributed by atoms with Crippen LogP contribution in [0.1, 0.15) is 6.42 Å². The highest BCUT2D eigenvalue weighted by molar-refractivity contribution is 5.95. The quantitative estimate of drug-likeness (QED) is 0.905. The maximum atomic E-state index is 12.5. The lowest BCUT2D eigenvalue weighted by Crippen LogP contribution is -2.37. The predicted octanol–water partition coefficient (Wildman–Crippen LogP) is 1.18. The SMILES string of the molecule is N[C@@H]1CCN2C(=O)N(c3ccc(-n4ccccc4=O)cc3)C[C@H]12. The van der Waals surface area contributed by atoms with E-state index in [2.05, 4.69) is 0 Å². The van der Waals surface area contributed by atoms with Gasteiger partial charge in [0.2, 0.25) is 0 Å². The monoisotopic (exact) mass is 310 g/mol. The van der Waals surface area contributed by atoms with Crippen molar-refractivity contribution >= 4 is 11.7 Å². The van der Waals surface area contributed by atoms with E-state index in [-0.39, 0.29) is 23.7 Å². The van der Waals surface area contributed by atoms with E-state index in [1.54, 1.807) is 21.7 Å². The molecule has 3 heterocycles. The summed E-state index contributed by atoms with van der Waals surface area (Å²) in [7, 11) is 0. The van der Waals surface area contributed by atoms with E-state index < -0.39 is 0 Å². The Morgan fingerprint density at radius 3 is 2.43 bits per heavy atom. The molecule has 118 valence electrons. The fraction of sp³-hybridized carbons (Fsp3) is 0.294. The van der Waals surface area contributed by atoms with Crippen molar-refractivity contribution in [3.8, 4) is 5.69 Å². The molecule has 0 unspecified atom stereocenters. The number of anilines is 1. The number of fused-ring (bicyclic) bond motifs is 1. The Morgan fingerprint density at radius 2 is 1.74 bits per heavy atom. The van der Waals surface area contributed by atoms with Gasteiger partial charge in [-0.05, 0) is 36.8 Å². The molecular weight excluding hydrogens is 292 g/mol. The molecule has 2 N–H and O–H groups in total. The lowest BCUT2D eigenvalue weighted by atomic mass is 10.1. The van der Waals surface area contributed by atoms with Gasteiger partial charge < -0.3 is 10.6 Å². The van der Waals surface area contributed by atoms with E-state index in [0.717, 1.165) is 24.3 Å². The van der Waals surface area contributed by atoms with Crippen LogP contribution in [0.2, 0.25) is 0 Å². The van der Waals surface area contributed by atoms with Gasteiger partial charge in [0.15, 0.2) is 0 Å². The van der Waals surface area contributed by atoms with Crippen molar-refractivity contribution in [3.63, 3.8) is 0 Å². The molecule has 0 bridgehead atoms. The zero-order chi connectivity index (χ0) is 16.0. The molecule has 4 rings (SSSR count). The Kier molecular flexibility index (Phi) is 3.20. The number of pyridine rings is 1. The van der Waals surface area contributed by atoms with Gasteiger partial charge in [-0.25, -0.2) is 4.79 Å². The molecule has 0 spiro atoms. The lowest BCUT2D eigenvalue weighted by molar-refractivity contribution is 0.218. The minimum absolute atomic E-state index is 0.0209. The molecule has 2 aliphatic heterocycles. The molecule has 1 aromatic carbocycles. The van der Waals surface area contributed by atoms with Gasteiger partial charge in [-0.15, -0.1) is 0 Å². The van der Waals surface area contributed by atoms with Crippen molar-refractivity contribution in [2.45, 2.75) is 18.5 Å². The van der Waals surface area contributed by atoms with Gasteiger partial charge in [-0.3, -0.25) is 14.3 Å². The van der Waals surface area contributed by atoms with Crippen molar-refractivity contribution in [3.05, 3.63) is 59.0 Å². The maximum Gasteiger partial charge on any atom is 0.324 e. The second-order valence-corrected chi connectivity index (χ2v) is 6.03. The highest BCUT2D eigenvalue weighted by Gasteiger charge is 2.44. The minimum atomic E-state index is -0.0795. The Hall–Kier alpha value is -2.60. The summed E-state index contributed by atoms with van der Waals surface area (Å²) in [4.78, 5) is 28.0. The van der Waals surface area contributed by atoms with Gasteiger partial charge in [-0.2, -0.15) is 0 Å². The summed E-state index contributed by atoms with van der Waals surface area (Å²) < 4.78 is 1.57. The van der Waals surface area contributed by atoms with E-state index in [1.165, 1.54) is 6.07 Å². The van der Waals surface area contributed by atoms with Crippen LogP contribution in [0, 0.1) is 0 Å². The number of hydrogen-bond acceptors (Lipinski definition) is 3. The smallest absolute Gasteiger partial charge is 0.324 e. The van der Waals surface area contributed by atoms with E-state index in [1.807, 2.05) is 35.2 Å². The second kappa shape index (κ2) is 5.24. The molecule has 0 aliphatic carbocycles. The van der Waals surface area contributed by atoms with E-state index in [4.69, 9.17) is 5.73 Å². The zero-order valence-electron chi connectivity index (χ0n) is 12.6. The van der Waals surface area contributed by atoms with Gasteiger partial charge in [0.05, 0.1) is 6.04 Å². The molecule has 23 heavy (non-hydrogen) atoms. The van der Waals surface area contributed by atoms with Crippen LogP contribution in [0.25, 0.3) is 5.69 Å². The van der Waals surface area contributed by atoms with E-state index in [9.17, 15) is 9.59 Å². The summed E-state index contributed by atoms with van der Waals surface area (Å²) in [6.07, 6.45) is 2.60. The number of hydrogen-bond donors (Lipinski definition) is 1.